The minimum Gasteiger partial charge on any atom is -0.497 e. The molecule has 5 rings (SSSR count). The number of aromatic nitrogens is 3. The first-order valence-corrected chi connectivity index (χ1v) is 11.6. The lowest BCUT2D eigenvalue weighted by molar-refractivity contribution is -0.137. The molecular weight excluding hydrogens is 418 g/mol. The van der Waals surface area contributed by atoms with Crippen LogP contribution in [0.3, 0.4) is 0 Å². The second-order valence-electron chi connectivity index (χ2n) is 9.20. The average Bonchev–Trinajstić information content (AvgIpc) is 3.25. The van der Waals surface area contributed by atoms with Gasteiger partial charge in [0.05, 0.1) is 19.8 Å². The predicted octanol–water partition coefficient (Wildman–Crippen LogP) is 2.79. The van der Waals surface area contributed by atoms with Crippen LogP contribution in [0.2, 0.25) is 0 Å². The second kappa shape index (κ2) is 8.76. The van der Waals surface area contributed by atoms with Crippen LogP contribution in [0.15, 0.2) is 36.9 Å². The van der Waals surface area contributed by atoms with Crippen molar-refractivity contribution < 1.29 is 14.6 Å². The Balaban J connectivity index is 1.53. The number of aliphatic hydroxyl groups excluding tert-OH is 1. The number of H-pyrrole nitrogens is 1. The van der Waals surface area contributed by atoms with Crippen molar-refractivity contribution in [2.45, 2.75) is 44.2 Å². The first-order chi connectivity index (χ1) is 16.1. The van der Waals surface area contributed by atoms with E-state index < -0.39 is 0 Å². The molecule has 3 aromatic rings. The van der Waals surface area contributed by atoms with Crippen LogP contribution in [0.25, 0.3) is 10.9 Å². The van der Waals surface area contributed by atoms with Gasteiger partial charge in [0.25, 0.3) is 0 Å². The summed E-state index contributed by atoms with van der Waals surface area (Å²) in [7, 11) is 1.66. The molecule has 2 aromatic heterocycles. The molecule has 2 aliphatic rings. The molecule has 1 saturated heterocycles. The van der Waals surface area contributed by atoms with Crippen molar-refractivity contribution in [3.8, 4) is 5.75 Å². The second-order valence-corrected chi connectivity index (χ2v) is 9.20. The van der Waals surface area contributed by atoms with Crippen molar-refractivity contribution >= 4 is 16.8 Å². The van der Waals surface area contributed by atoms with E-state index in [1.54, 1.807) is 13.4 Å². The van der Waals surface area contributed by atoms with Crippen LogP contribution in [0.4, 0.5) is 0 Å². The number of amides is 1. The SMILES string of the molecule is CCC(=O)N1CC2(CCN(Cc3cncnc3)CC2)c2c([nH]c3cc(OC)ccc23)[C@@H]1CO. The normalized spacial score (nSPS) is 20.2. The van der Waals surface area contributed by atoms with Gasteiger partial charge in [0, 0.05) is 65.5 Å². The Hall–Kier alpha value is -2.97. The zero-order valence-corrected chi connectivity index (χ0v) is 19.3. The summed E-state index contributed by atoms with van der Waals surface area (Å²) in [4.78, 5) is 29.1. The molecule has 0 radical (unpaired) electrons. The molecule has 33 heavy (non-hydrogen) atoms. The van der Waals surface area contributed by atoms with E-state index in [-0.39, 0.29) is 24.0 Å². The maximum absolute atomic E-state index is 12.9. The molecule has 0 bridgehead atoms. The highest BCUT2D eigenvalue weighted by atomic mass is 16.5. The number of hydrogen-bond acceptors (Lipinski definition) is 6. The lowest BCUT2D eigenvalue weighted by Gasteiger charge is -2.50. The largest absolute Gasteiger partial charge is 0.497 e. The monoisotopic (exact) mass is 449 g/mol. The smallest absolute Gasteiger partial charge is 0.222 e. The predicted molar refractivity (Wildman–Crippen MR) is 125 cm³/mol. The number of fused-ring (bicyclic) bond motifs is 4. The number of rotatable bonds is 5. The molecule has 8 heteroatoms. The number of carbonyl (C=O) groups is 1. The number of carbonyl (C=O) groups excluding carboxylic acids is 1. The van der Waals surface area contributed by atoms with E-state index in [1.807, 2.05) is 36.4 Å². The van der Waals surface area contributed by atoms with Gasteiger partial charge in [-0.25, -0.2) is 9.97 Å². The fraction of sp³-hybridized carbons (Fsp3) is 0.480. The molecule has 1 atom stereocenters. The first kappa shape index (κ1) is 21.9. The van der Waals surface area contributed by atoms with E-state index >= 15 is 0 Å². The fourth-order valence-corrected chi connectivity index (χ4v) is 5.69. The summed E-state index contributed by atoms with van der Waals surface area (Å²) in [6, 6.07) is 5.76. The molecule has 1 spiro atoms. The van der Waals surface area contributed by atoms with E-state index in [4.69, 9.17) is 4.74 Å². The summed E-state index contributed by atoms with van der Waals surface area (Å²) in [6.45, 7) is 5.10. The van der Waals surface area contributed by atoms with E-state index in [1.165, 1.54) is 5.56 Å². The first-order valence-electron chi connectivity index (χ1n) is 11.6. The van der Waals surface area contributed by atoms with Crippen molar-refractivity contribution in [3.63, 3.8) is 0 Å². The molecule has 0 unspecified atom stereocenters. The van der Waals surface area contributed by atoms with Crippen molar-refractivity contribution in [2.75, 3.05) is 33.4 Å². The number of nitrogens with one attached hydrogen (secondary N) is 1. The van der Waals surface area contributed by atoms with E-state index in [0.717, 1.165) is 60.4 Å². The van der Waals surface area contributed by atoms with Gasteiger partial charge in [-0.2, -0.15) is 0 Å². The molecule has 2 N–H and O–H groups in total. The number of piperidine rings is 1. The molecule has 4 heterocycles. The maximum Gasteiger partial charge on any atom is 0.222 e. The van der Waals surface area contributed by atoms with E-state index in [2.05, 4.69) is 25.9 Å². The van der Waals surface area contributed by atoms with Gasteiger partial charge in [-0.1, -0.05) is 6.92 Å². The lowest BCUT2D eigenvalue weighted by Crippen LogP contribution is -2.55. The van der Waals surface area contributed by atoms with Crippen LogP contribution in [-0.4, -0.2) is 69.1 Å². The Morgan fingerprint density at radius 3 is 2.70 bits per heavy atom. The number of aliphatic hydroxyl groups is 1. The Bertz CT molecular complexity index is 1140. The van der Waals surface area contributed by atoms with Gasteiger partial charge in [0.15, 0.2) is 0 Å². The summed E-state index contributed by atoms with van der Waals surface area (Å²) in [6.07, 6.45) is 7.61. The zero-order chi connectivity index (χ0) is 23.0. The zero-order valence-electron chi connectivity index (χ0n) is 19.3. The summed E-state index contributed by atoms with van der Waals surface area (Å²) in [5, 5.41) is 11.5. The van der Waals surface area contributed by atoms with Gasteiger partial charge in [-0.15, -0.1) is 0 Å². The average molecular weight is 450 g/mol. The van der Waals surface area contributed by atoms with Crippen LogP contribution in [0.1, 0.15) is 49.0 Å². The maximum atomic E-state index is 12.9. The summed E-state index contributed by atoms with van der Waals surface area (Å²) in [5.41, 5.74) is 4.19. The van der Waals surface area contributed by atoms with Gasteiger partial charge in [0.1, 0.15) is 12.1 Å². The summed E-state index contributed by atoms with van der Waals surface area (Å²) >= 11 is 0. The number of hydrogen-bond donors (Lipinski definition) is 2. The Labute approximate surface area is 193 Å². The highest BCUT2D eigenvalue weighted by Crippen LogP contribution is 2.49. The molecule has 174 valence electrons. The van der Waals surface area contributed by atoms with E-state index in [0.29, 0.717) is 13.0 Å². The standard InChI is InChI=1S/C25H31N5O3/c1-3-22(32)30-15-25(6-8-29(9-7-25)13-17-11-26-16-27-12-17)23-19-5-4-18(33-2)10-20(19)28-24(23)21(30)14-31/h4-5,10-12,16,21,28,31H,3,6-9,13-15H2,1-2H3/t21-/m0/s1. The van der Waals surface area contributed by atoms with E-state index in [9.17, 15) is 9.90 Å². The molecule has 1 amide bonds. The molecule has 8 nitrogen and oxygen atoms in total. The number of benzene rings is 1. The van der Waals surface area contributed by atoms with Crippen LogP contribution >= 0.6 is 0 Å². The van der Waals surface area contributed by atoms with Gasteiger partial charge in [-0.3, -0.25) is 9.69 Å². The third kappa shape index (κ3) is 3.77. The minimum absolute atomic E-state index is 0.0826. The number of nitrogens with zero attached hydrogens (tertiary/aromatic N) is 4. The lowest BCUT2D eigenvalue weighted by atomic mass is 9.68. The summed E-state index contributed by atoms with van der Waals surface area (Å²) < 4.78 is 5.44. The fourth-order valence-electron chi connectivity index (χ4n) is 5.69. The van der Waals surface area contributed by atoms with Gasteiger partial charge in [-0.05, 0) is 43.6 Å². The highest BCUT2D eigenvalue weighted by molar-refractivity contribution is 5.88. The third-order valence-corrected chi connectivity index (χ3v) is 7.38. The van der Waals surface area contributed by atoms with Crippen molar-refractivity contribution in [1.82, 2.24) is 24.8 Å². The number of ether oxygens (including phenoxy) is 1. The van der Waals surface area contributed by atoms with Crippen LogP contribution in [0, 0.1) is 0 Å². The molecule has 1 fully saturated rings. The molecule has 0 saturated carbocycles. The summed E-state index contributed by atoms with van der Waals surface area (Å²) in [5.74, 6) is 0.872. The van der Waals surface area contributed by atoms with Gasteiger partial charge < -0.3 is 19.7 Å². The third-order valence-electron chi connectivity index (χ3n) is 7.38. The molecular formula is C25H31N5O3. The quantitative estimate of drug-likeness (QED) is 0.622. The molecule has 2 aliphatic heterocycles. The van der Waals surface area contributed by atoms with Crippen LogP contribution < -0.4 is 4.74 Å². The van der Waals surface area contributed by atoms with Gasteiger partial charge >= 0.3 is 0 Å². The molecule has 0 aliphatic carbocycles. The Kier molecular flexibility index (Phi) is 5.80. The minimum atomic E-state index is -0.351. The number of likely N-dealkylation sites (tertiary alicyclic amines) is 1. The Morgan fingerprint density at radius 1 is 1.27 bits per heavy atom. The van der Waals surface area contributed by atoms with Crippen molar-refractivity contribution in [3.05, 3.63) is 53.7 Å². The number of methoxy groups -OCH3 is 1. The number of aromatic amines is 1. The molecule has 1 aromatic carbocycles. The Morgan fingerprint density at radius 2 is 2.03 bits per heavy atom. The van der Waals surface area contributed by atoms with Crippen LogP contribution in [0.5, 0.6) is 5.75 Å². The highest BCUT2D eigenvalue weighted by Gasteiger charge is 2.48. The van der Waals surface area contributed by atoms with Gasteiger partial charge in [0.2, 0.25) is 5.91 Å². The van der Waals surface area contributed by atoms with Crippen molar-refractivity contribution in [2.24, 2.45) is 0 Å². The van der Waals surface area contributed by atoms with Crippen molar-refractivity contribution in [1.29, 1.82) is 0 Å². The topological polar surface area (TPSA) is 94.6 Å². The van der Waals surface area contributed by atoms with Crippen LogP contribution in [-0.2, 0) is 16.8 Å².